The second-order valence-electron chi connectivity index (χ2n) is 3.78. The van der Waals surface area contributed by atoms with Gasteiger partial charge in [0.05, 0.1) is 11.0 Å². The van der Waals surface area contributed by atoms with Crippen LogP contribution < -0.4 is 10.6 Å². The Balaban J connectivity index is 2.34. The van der Waals surface area contributed by atoms with E-state index in [0.717, 1.165) is 5.70 Å². The molecule has 2 amide bonds. The van der Waals surface area contributed by atoms with Gasteiger partial charge in [0.25, 0.3) is 5.69 Å². The molecule has 0 radical (unpaired) electrons. The van der Waals surface area contributed by atoms with Gasteiger partial charge in [0.2, 0.25) is 0 Å². The maximum atomic E-state index is 11.3. The molecule has 1 aromatic rings. The third-order valence-corrected chi connectivity index (χ3v) is 2.45. The number of nitrogens with one attached hydrogen (secondary N) is 2. The molecule has 0 bridgehead atoms. The monoisotopic (exact) mass is 233 g/mol. The summed E-state index contributed by atoms with van der Waals surface area (Å²) in [5.74, 6) is 0. The van der Waals surface area contributed by atoms with Gasteiger partial charge in [-0.2, -0.15) is 0 Å². The zero-order valence-electron chi connectivity index (χ0n) is 9.14. The lowest BCUT2D eigenvalue weighted by Gasteiger charge is -2.22. The van der Waals surface area contributed by atoms with Crippen LogP contribution in [0, 0.1) is 10.1 Å². The summed E-state index contributed by atoms with van der Waals surface area (Å²) in [7, 11) is 0. The van der Waals surface area contributed by atoms with E-state index in [4.69, 9.17) is 0 Å². The summed E-state index contributed by atoms with van der Waals surface area (Å²) >= 11 is 0. The third-order valence-electron chi connectivity index (χ3n) is 2.45. The van der Waals surface area contributed by atoms with E-state index in [1.165, 1.54) is 12.1 Å². The van der Waals surface area contributed by atoms with Crippen LogP contribution in [0.4, 0.5) is 10.5 Å². The number of rotatable bonds is 2. The van der Waals surface area contributed by atoms with Gasteiger partial charge < -0.3 is 10.6 Å². The summed E-state index contributed by atoms with van der Waals surface area (Å²) in [5.41, 5.74) is 1.43. The van der Waals surface area contributed by atoms with Crippen molar-refractivity contribution in [3.05, 3.63) is 51.7 Å². The fraction of sp³-hybridized carbons (Fsp3) is 0.182. The number of nitro groups is 1. The number of benzene rings is 1. The largest absolute Gasteiger partial charge is 0.327 e. The fourth-order valence-corrected chi connectivity index (χ4v) is 1.70. The van der Waals surface area contributed by atoms with Crippen LogP contribution in [0.15, 0.2) is 36.0 Å². The molecule has 6 nitrogen and oxygen atoms in total. The first-order valence-corrected chi connectivity index (χ1v) is 5.06. The molecule has 1 aromatic carbocycles. The van der Waals surface area contributed by atoms with Gasteiger partial charge in [-0.25, -0.2) is 4.79 Å². The van der Waals surface area contributed by atoms with Crippen LogP contribution in [0.2, 0.25) is 0 Å². The Morgan fingerprint density at radius 1 is 1.41 bits per heavy atom. The van der Waals surface area contributed by atoms with E-state index in [9.17, 15) is 14.9 Å². The van der Waals surface area contributed by atoms with E-state index in [0.29, 0.717) is 5.56 Å². The van der Waals surface area contributed by atoms with Crippen molar-refractivity contribution in [2.75, 3.05) is 0 Å². The molecule has 88 valence electrons. The number of amides is 2. The molecule has 0 aliphatic carbocycles. The molecule has 0 saturated carbocycles. The van der Waals surface area contributed by atoms with E-state index < -0.39 is 4.92 Å². The minimum Gasteiger partial charge on any atom is -0.327 e. The Morgan fingerprint density at radius 3 is 2.82 bits per heavy atom. The van der Waals surface area contributed by atoms with Gasteiger partial charge in [-0.15, -0.1) is 0 Å². The maximum Gasteiger partial charge on any atom is 0.319 e. The van der Waals surface area contributed by atoms with Crippen molar-refractivity contribution in [3.63, 3.8) is 0 Å². The van der Waals surface area contributed by atoms with Crippen LogP contribution in [0.3, 0.4) is 0 Å². The minimum absolute atomic E-state index is 0.0151. The Labute approximate surface area is 97.5 Å². The molecule has 1 aliphatic rings. The second kappa shape index (κ2) is 4.25. The van der Waals surface area contributed by atoms with Crippen molar-refractivity contribution in [1.82, 2.24) is 10.6 Å². The predicted molar refractivity (Wildman–Crippen MR) is 61.3 cm³/mol. The second-order valence-corrected chi connectivity index (χ2v) is 3.78. The number of allylic oxidation sites excluding steroid dienone is 1. The molecule has 0 spiro atoms. The van der Waals surface area contributed by atoms with Crippen molar-refractivity contribution < 1.29 is 9.72 Å². The number of carbonyl (C=O) groups is 1. The van der Waals surface area contributed by atoms with E-state index >= 15 is 0 Å². The molecular weight excluding hydrogens is 222 g/mol. The zero-order chi connectivity index (χ0) is 12.4. The van der Waals surface area contributed by atoms with Crippen molar-refractivity contribution in [2.45, 2.75) is 13.0 Å². The lowest BCUT2D eigenvalue weighted by molar-refractivity contribution is -0.384. The standard InChI is InChI=1S/C11H11N3O3/c1-7-5-10(13-11(15)12-7)8-3-2-4-9(6-8)14(16)17/h2-6,10H,1H3,(H2,12,13,15). The van der Waals surface area contributed by atoms with Crippen LogP contribution in [0.25, 0.3) is 0 Å². The lowest BCUT2D eigenvalue weighted by atomic mass is 10.0. The average Bonchev–Trinajstić information content (AvgIpc) is 2.28. The molecular formula is C11H11N3O3. The van der Waals surface area contributed by atoms with Crippen LogP contribution in [-0.2, 0) is 0 Å². The van der Waals surface area contributed by atoms with E-state index in [-0.39, 0.29) is 17.8 Å². The first kappa shape index (κ1) is 11.1. The van der Waals surface area contributed by atoms with Gasteiger partial charge >= 0.3 is 6.03 Å². The molecule has 0 aromatic heterocycles. The van der Waals surface area contributed by atoms with Crippen LogP contribution in [-0.4, -0.2) is 11.0 Å². The summed E-state index contributed by atoms with van der Waals surface area (Å²) in [6.07, 6.45) is 1.81. The van der Waals surface area contributed by atoms with Crippen molar-refractivity contribution >= 4 is 11.7 Å². The fourth-order valence-electron chi connectivity index (χ4n) is 1.70. The molecule has 6 heteroatoms. The van der Waals surface area contributed by atoms with Gasteiger partial charge in [0.15, 0.2) is 0 Å². The highest BCUT2D eigenvalue weighted by molar-refractivity contribution is 5.78. The molecule has 1 heterocycles. The number of hydrogen-bond acceptors (Lipinski definition) is 3. The highest BCUT2D eigenvalue weighted by atomic mass is 16.6. The quantitative estimate of drug-likeness (QED) is 0.604. The van der Waals surface area contributed by atoms with E-state index in [1.807, 2.05) is 0 Å². The van der Waals surface area contributed by atoms with Gasteiger partial charge in [0.1, 0.15) is 0 Å². The molecule has 2 rings (SSSR count). The molecule has 1 atom stereocenters. The minimum atomic E-state index is -0.455. The Kier molecular flexibility index (Phi) is 2.78. The van der Waals surface area contributed by atoms with Gasteiger partial charge in [-0.3, -0.25) is 10.1 Å². The zero-order valence-corrected chi connectivity index (χ0v) is 9.14. The highest BCUT2D eigenvalue weighted by Gasteiger charge is 2.19. The number of nitro benzene ring substituents is 1. The van der Waals surface area contributed by atoms with Crippen LogP contribution >= 0.6 is 0 Å². The molecule has 1 unspecified atom stereocenters. The van der Waals surface area contributed by atoms with E-state index in [1.54, 1.807) is 25.1 Å². The summed E-state index contributed by atoms with van der Waals surface area (Å²) < 4.78 is 0. The van der Waals surface area contributed by atoms with Crippen molar-refractivity contribution in [1.29, 1.82) is 0 Å². The number of carbonyl (C=O) groups excluding carboxylic acids is 1. The van der Waals surface area contributed by atoms with Crippen molar-refractivity contribution in [3.8, 4) is 0 Å². The molecule has 0 fully saturated rings. The normalized spacial score (nSPS) is 19.0. The Hall–Kier alpha value is -2.37. The third kappa shape index (κ3) is 2.41. The van der Waals surface area contributed by atoms with Gasteiger partial charge in [-0.05, 0) is 18.6 Å². The topological polar surface area (TPSA) is 84.3 Å². The summed E-state index contributed by atoms with van der Waals surface area (Å²) in [6, 6.07) is 5.59. The first-order valence-electron chi connectivity index (χ1n) is 5.06. The molecule has 1 aliphatic heterocycles. The van der Waals surface area contributed by atoms with Gasteiger partial charge in [0, 0.05) is 17.8 Å². The summed E-state index contributed by atoms with van der Waals surface area (Å²) in [4.78, 5) is 21.5. The Bertz CT molecular complexity index is 510. The van der Waals surface area contributed by atoms with Gasteiger partial charge in [-0.1, -0.05) is 12.1 Å². The summed E-state index contributed by atoms with van der Waals surface area (Å²) in [6.45, 7) is 1.77. The first-order chi connectivity index (χ1) is 8.06. The maximum absolute atomic E-state index is 11.3. The smallest absolute Gasteiger partial charge is 0.319 e. The van der Waals surface area contributed by atoms with Crippen molar-refractivity contribution in [2.24, 2.45) is 0 Å². The van der Waals surface area contributed by atoms with Crippen LogP contribution in [0.5, 0.6) is 0 Å². The van der Waals surface area contributed by atoms with Crippen LogP contribution in [0.1, 0.15) is 18.5 Å². The number of urea groups is 1. The number of nitrogens with zero attached hydrogens (tertiary/aromatic N) is 1. The number of non-ortho nitro benzene ring substituents is 1. The highest BCUT2D eigenvalue weighted by Crippen LogP contribution is 2.22. The SMILES string of the molecule is CC1=CC(c2cccc([N+](=O)[O-])c2)NC(=O)N1. The van der Waals surface area contributed by atoms with E-state index in [2.05, 4.69) is 10.6 Å². The molecule has 0 saturated heterocycles. The lowest BCUT2D eigenvalue weighted by Crippen LogP contribution is -2.40. The Morgan fingerprint density at radius 2 is 2.18 bits per heavy atom. The number of hydrogen-bond donors (Lipinski definition) is 2. The average molecular weight is 233 g/mol. The summed E-state index contributed by atoms with van der Waals surface area (Å²) in [5, 5.41) is 15.9. The predicted octanol–water partition coefficient (Wildman–Crippen LogP) is 1.85. The molecule has 17 heavy (non-hydrogen) atoms. The molecule has 2 N–H and O–H groups in total.